The van der Waals surface area contributed by atoms with Crippen LogP contribution in [0.5, 0.6) is 0 Å². The third kappa shape index (κ3) is 6.34. The minimum Gasteiger partial charge on any atom is -0.383 e. The Morgan fingerprint density at radius 2 is 1.84 bits per heavy atom. The molecule has 1 amide bonds. The van der Waals surface area contributed by atoms with Gasteiger partial charge in [-0.1, -0.05) is 61.8 Å². The van der Waals surface area contributed by atoms with Crippen LogP contribution in [-0.2, 0) is 9.53 Å². The van der Waals surface area contributed by atoms with Crippen LogP contribution in [0.4, 0.5) is 0 Å². The first-order valence-electron chi connectivity index (χ1n) is 11.7. The molecule has 1 fully saturated rings. The monoisotopic (exact) mass is 456 g/mol. The molecule has 1 saturated carbocycles. The number of carbonyl (C=O) groups excluding carboxylic acids is 1. The van der Waals surface area contributed by atoms with Gasteiger partial charge in [0, 0.05) is 30.6 Å². The Hall–Kier alpha value is -1.88. The number of hydrogen-bond acceptors (Lipinski definition) is 3. The summed E-state index contributed by atoms with van der Waals surface area (Å²) in [6, 6.07) is 16.7. The number of nitrogens with one attached hydrogen (secondary N) is 2. The van der Waals surface area contributed by atoms with Crippen molar-refractivity contribution in [3.63, 3.8) is 0 Å². The van der Waals surface area contributed by atoms with Crippen molar-refractivity contribution in [3.8, 4) is 0 Å². The van der Waals surface area contributed by atoms with Gasteiger partial charge in [0.15, 0.2) is 0 Å². The van der Waals surface area contributed by atoms with E-state index in [-0.39, 0.29) is 29.7 Å². The average Bonchev–Trinajstić information content (AvgIpc) is 2.78. The predicted molar refractivity (Wildman–Crippen MR) is 132 cm³/mol. The van der Waals surface area contributed by atoms with Crippen molar-refractivity contribution >= 4 is 17.5 Å². The summed E-state index contributed by atoms with van der Waals surface area (Å²) in [6.45, 7) is 7.98. The molecule has 4 unspecified atom stereocenters. The van der Waals surface area contributed by atoms with E-state index in [1.807, 2.05) is 24.3 Å². The summed E-state index contributed by atoms with van der Waals surface area (Å²) in [5.41, 5.74) is 3.64. The first kappa shape index (κ1) is 24.8. The van der Waals surface area contributed by atoms with Gasteiger partial charge in [0.25, 0.3) is 0 Å². The number of carbonyl (C=O) groups is 1. The zero-order valence-corrected chi connectivity index (χ0v) is 20.5. The van der Waals surface area contributed by atoms with E-state index in [4.69, 9.17) is 16.3 Å². The maximum absolute atomic E-state index is 13.6. The minimum atomic E-state index is -0.0369. The second kappa shape index (κ2) is 11.8. The van der Waals surface area contributed by atoms with Crippen molar-refractivity contribution in [1.82, 2.24) is 10.6 Å². The van der Waals surface area contributed by atoms with E-state index >= 15 is 0 Å². The van der Waals surface area contributed by atoms with Gasteiger partial charge < -0.3 is 15.4 Å². The number of rotatable bonds is 9. The predicted octanol–water partition coefficient (Wildman–Crippen LogP) is 5.65. The normalized spacial score (nSPS) is 22.0. The molecule has 4 atom stereocenters. The minimum absolute atomic E-state index is 0.0326. The fourth-order valence-corrected chi connectivity index (χ4v) is 5.07. The highest BCUT2D eigenvalue weighted by atomic mass is 35.5. The van der Waals surface area contributed by atoms with E-state index in [2.05, 4.69) is 55.7 Å². The molecular formula is C27H37ClN2O2. The molecule has 2 N–H and O–H groups in total. The average molecular weight is 457 g/mol. The Kier molecular flexibility index (Phi) is 9.15. The van der Waals surface area contributed by atoms with Crippen LogP contribution in [0.15, 0.2) is 48.5 Å². The molecule has 0 heterocycles. The Labute approximate surface area is 198 Å². The lowest BCUT2D eigenvalue weighted by atomic mass is 9.72. The second-order valence-electron chi connectivity index (χ2n) is 9.31. The van der Waals surface area contributed by atoms with Crippen LogP contribution < -0.4 is 10.6 Å². The van der Waals surface area contributed by atoms with Crippen molar-refractivity contribution < 1.29 is 9.53 Å². The molecule has 0 aromatic heterocycles. The number of halogens is 1. The molecule has 0 saturated heterocycles. The van der Waals surface area contributed by atoms with Crippen molar-refractivity contribution in [2.75, 3.05) is 20.3 Å². The lowest BCUT2D eigenvalue weighted by Gasteiger charge is -2.38. The molecule has 5 heteroatoms. The van der Waals surface area contributed by atoms with Gasteiger partial charge in [0.1, 0.15) is 0 Å². The number of methoxy groups -OCH3 is 1. The van der Waals surface area contributed by atoms with Gasteiger partial charge >= 0.3 is 0 Å². The summed E-state index contributed by atoms with van der Waals surface area (Å²) in [7, 11) is 1.73. The summed E-state index contributed by atoms with van der Waals surface area (Å²) in [6.07, 6.45) is 2.83. The van der Waals surface area contributed by atoms with Gasteiger partial charge in [0.05, 0.1) is 12.6 Å². The molecule has 32 heavy (non-hydrogen) atoms. The van der Waals surface area contributed by atoms with E-state index in [0.29, 0.717) is 17.7 Å². The van der Waals surface area contributed by atoms with Crippen molar-refractivity contribution in [2.45, 2.75) is 58.0 Å². The fourth-order valence-electron chi connectivity index (χ4n) is 4.95. The van der Waals surface area contributed by atoms with Gasteiger partial charge in [-0.25, -0.2) is 0 Å². The smallest absolute Gasteiger partial charge is 0.224 e. The number of hydrogen-bond donors (Lipinski definition) is 2. The van der Waals surface area contributed by atoms with Gasteiger partial charge in [0.2, 0.25) is 5.91 Å². The molecule has 1 aliphatic carbocycles. The van der Waals surface area contributed by atoms with Gasteiger partial charge in [-0.05, 0) is 66.8 Å². The first-order valence-corrected chi connectivity index (χ1v) is 12.1. The summed E-state index contributed by atoms with van der Waals surface area (Å²) in [5, 5.41) is 7.72. The molecular weight excluding hydrogens is 420 g/mol. The molecule has 2 aromatic rings. The van der Waals surface area contributed by atoms with Crippen LogP contribution in [0.25, 0.3) is 0 Å². The van der Waals surface area contributed by atoms with Crippen LogP contribution >= 0.6 is 11.6 Å². The quantitative estimate of drug-likeness (QED) is 0.479. The van der Waals surface area contributed by atoms with E-state index in [0.717, 1.165) is 31.4 Å². The van der Waals surface area contributed by atoms with Crippen LogP contribution in [0.2, 0.25) is 5.02 Å². The lowest BCUT2D eigenvalue weighted by molar-refractivity contribution is -0.127. The molecule has 174 valence electrons. The van der Waals surface area contributed by atoms with Crippen LogP contribution in [0.1, 0.15) is 61.8 Å². The highest BCUT2D eigenvalue weighted by molar-refractivity contribution is 6.30. The summed E-state index contributed by atoms with van der Waals surface area (Å²) < 4.78 is 5.20. The van der Waals surface area contributed by atoms with Gasteiger partial charge in [-0.3, -0.25) is 4.79 Å². The maximum atomic E-state index is 13.6. The van der Waals surface area contributed by atoms with Crippen molar-refractivity contribution in [3.05, 3.63) is 70.2 Å². The molecule has 0 bridgehead atoms. The summed E-state index contributed by atoms with van der Waals surface area (Å²) in [4.78, 5) is 13.6. The number of benzene rings is 2. The maximum Gasteiger partial charge on any atom is 0.224 e. The SMILES string of the molecule is COCCNC1CCC(C(=O)NC(c2ccc(Cl)cc2)C(C)C)C(c2ccccc2C)C1. The largest absolute Gasteiger partial charge is 0.383 e. The zero-order valence-electron chi connectivity index (χ0n) is 19.7. The van der Waals surface area contributed by atoms with Gasteiger partial charge in [-0.15, -0.1) is 0 Å². The Morgan fingerprint density at radius 1 is 1.12 bits per heavy atom. The molecule has 0 radical (unpaired) electrons. The molecule has 0 aliphatic heterocycles. The molecule has 2 aromatic carbocycles. The third-order valence-corrected chi connectivity index (χ3v) is 6.96. The van der Waals surface area contributed by atoms with Crippen molar-refractivity contribution in [1.29, 1.82) is 0 Å². The van der Waals surface area contributed by atoms with E-state index in [1.165, 1.54) is 11.1 Å². The van der Waals surface area contributed by atoms with Crippen molar-refractivity contribution in [2.24, 2.45) is 11.8 Å². The molecule has 1 aliphatic rings. The number of ether oxygens (including phenoxy) is 1. The van der Waals surface area contributed by atoms with Gasteiger partial charge in [-0.2, -0.15) is 0 Å². The summed E-state index contributed by atoms with van der Waals surface area (Å²) in [5.74, 6) is 0.597. The first-order chi connectivity index (χ1) is 15.4. The molecule has 4 nitrogen and oxygen atoms in total. The fraction of sp³-hybridized carbons (Fsp3) is 0.519. The second-order valence-corrected chi connectivity index (χ2v) is 9.74. The number of aryl methyl sites for hydroxylation is 1. The Bertz CT molecular complexity index is 868. The van der Waals surface area contributed by atoms with E-state index in [1.54, 1.807) is 7.11 Å². The van der Waals surface area contributed by atoms with E-state index < -0.39 is 0 Å². The molecule has 3 rings (SSSR count). The highest BCUT2D eigenvalue weighted by Crippen LogP contribution is 2.40. The van der Waals surface area contributed by atoms with E-state index in [9.17, 15) is 4.79 Å². The summed E-state index contributed by atoms with van der Waals surface area (Å²) >= 11 is 6.08. The third-order valence-electron chi connectivity index (χ3n) is 6.71. The zero-order chi connectivity index (χ0) is 23.1. The topological polar surface area (TPSA) is 50.4 Å². The Morgan fingerprint density at radius 3 is 2.50 bits per heavy atom. The van der Waals surface area contributed by atoms with Crippen LogP contribution in [-0.4, -0.2) is 32.2 Å². The van der Waals surface area contributed by atoms with Crippen LogP contribution in [0.3, 0.4) is 0 Å². The number of amides is 1. The van der Waals surface area contributed by atoms with Crippen LogP contribution in [0, 0.1) is 18.8 Å². The highest BCUT2D eigenvalue weighted by Gasteiger charge is 2.37. The molecule has 0 spiro atoms. The standard InChI is InChI=1S/C27H37ClN2O2/c1-18(2)26(20-9-11-21(28)12-10-20)30-27(31)24-14-13-22(29-15-16-32-4)17-25(24)23-8-6-5-7-19(23)3/h5-12,18,22,24-26,29H,13-17H2,1-4H3,(H,30,31). The lowest BCUT2D eigenvalue weighted by Crippen LogP contribution is -2.44. The Balaban J connectivity index is 1.80.